The maximum Gasteiger partial charge on any atom is 0.226 e. The van der Waals surface area contributed by atoms with Gasteiger partial charge in [0.15, 0.2) is 0 Å². The third-order valence-electron chi connectivity index (χ3n) is 1.99. The van der Waals surface area contributed by atoms with Gasteiger partial charge >= 0.3 is 0 Å². The molecule has 0 aromatic heterocycles. The van der Waals surface area contributed by atoms with Crippen molar-refractivity contribution in [3.05, 3.63) is 18.2 Å². The molecule has 0 bridgehead atoms. The molecule has 0 fully saturated rings. The van der Waals surface area contributed by atoms with Crippen molar-refractivity contribution in [1.82, 2.24) is 0 Å². The number of amides is 1. The molecular weight excluding hydrogens is 163 g/mol. The maximum atomic E-state index is 11.1. The molecule has 13 heavy (non-hydrogen) atoms. The third-order valence-corrected chi connectivity index (χ3v) is 1.99. The fourth-order valence-electron chi connectivity index (χ4n) is 1.34. The normalized spacial score (nSPS) is 15.2. The molecule has 4 heteroatoms. The van der Waals surface area contributed by atoms with E-state index in [-0.39, 0.29) is 5.91 Å². The summed E-state index contributed by atoms with van der Waals surface area (Å²) in [6.45, 7) is 0.655. The lowest BCUT2D eigenvalue weighted by atomic mass is 9.95. The van der Waals surface area contributed by atoms with Crippen molar-refractivity contribution in [3.8, 4) is 0 Å². The van der Waals surface area contributed by atoms with Crippen LogP contribution in [0.5, 0.6) is 0 Å². The van der Waals surface area contributed by atoms with Gasteiger partial charge in [-0.2, -0.15) is 0 Å². The zero-order valence-corrected chi connectivity index (χ0v) is 7.13. The first-order chi connectivity index (χ1) is 6.25. The number of hydrogen-bond acceptors (Lipinski definition) is 2. The van der Waals surface area contributed by atoms with Crippen molar-refractivity contribution in [2.75, 3.05) is 17.2 Å². The minimum atomic E-state index is 0.0380. The second kappa shape index (κ2) is 3.13. The summed E-state index contributed by atoms with van der Waals surface area (Å²) in [5.41, 5.74) is 2.39. The summed E-state index contributed by atoms with van der Waals surface area (Å²) in [5, 5.41) is 5.93. The Morgan fingerprint density at radius 3 is 3.00 bits per heavy atom. The van der Waals surface area contributed by atoms with Crippen LogP contribution in [-0.4, -0.2) is 20.3 Å². The van der Waals surface area contributed by atoms with Gasteiger partial charge in [-0.05, 0) is 12.1 Å². The average molecular weight is 172 g/mol. The molecule has 0 saturated heterocycles. The maximum absolute atomic E-state index is 11.1. The third kappa shape index (κ3) is 1.66. The molecule has 0 saturated carbocycles. The van der Waals surface area contributed by atoms with E-state index in [1.807, 2.05) is 6.07 Å². The van der Waals surface area contributed by atoms with Crippen LogP contribution in [0.4, 0.5) is 11.4 Å². The van der Waals surface area contributed by atoms with Gasteiger partial charge in [0.2, 0.25) is 5.91 Å². The molecule has 0 unspecified atom stereocenters. The Kier molecular flexibility index (Phi) is 1.96. The van der Waals surface area contributed by atoms with Crippen LogP contribution in [0.1, 0.15) is 6.42 Å². The Hall–Kier alpha value is -1.45. The Labute approximate surface area is 77.9 Å². The van der Waals surface area contributed by atoms with Crippen LogP contribution in [-0.2, 0) is 4.79 Å². The van der Waals surface area contributed by atoms with Gasteiger partial charge in [0, 0.05) is 13.0 Å². The molecule has 2 rings (SSSR count). The van der Waals surface area contributed by atoms with Gasteiger partial charge in [0.1, 0.15) is 7.85 Å². The van der Waals surface area contributed by atoms with Crippen molar-refractivity contribution in [3.63, 3.8) is 0 Å². The smallest absolute Gasteiger partial charge is 0.226 e. The number of carbonyl (C=O) groups excluding carboxylic acids is 1. The summed E-state index contributed by atoms with van der Waals surface area (Å²) in [6.07, 6.45) is 0.495. The summed E-state index contributed by atoms with van der Waals surface area (Å²) in [7, 11) is 5.61. The van der Waals surface area contributed by atoms with Gasteiger partial charge in [0.25, 0.3) is 0 Å². The molecular formula is C9H9BN2O. The van der Waals surface area contributed by atoms with Gasteiger partial charge in [-0.15, -0.1) is 0 Å². The highest BCUT2D eigenvalue weighted by Crippen LogP contribution is 2.21. The Morgan fingerprint density at radius 1 is 1.31 bits per heavy atom. The summed E-state index contributed by atoms with van der Waals surface area (Å²) in [4.78, 5) is 11.1. The molecule has 0 aliphatic carbocycles. The van der Waals surface area contributed by atoms with E-state index >= 15 is 0 Å². The minimum absolute atomic E-state index is 0.0380. The molecule has 0 atom stereocenters. The molecule has 3 nitrogen and oxygen atoms in total. The van der Waals surface area contributed by atoms with Gasteiger partial charge < -0.3 is 10.6 Å². The second-order valence-corrected chi connectivity index (χ2v) is 3.03. The summed E-state index contributed by atoms with van der Waals surface area (Å²) in [5.74, 6) is 0.0380. The first-order valence-electron chi connectivity index (χ1n) is 4.19. The van der Waals surface area contributed by atoms with E-state index in [1.54, 1.807) is 12.1 Å². The number of benzene rings is 1. The molecule has 1 aliphatic rings. The van der Waals surface area contributed by atoms with E-state index in [1.165, 1.54) is 0 Å². The fourth-order valence-corrected chi connectivity index (χ4v) is 1.34. The monoisotopic (exact) mass is 172 g/mol. The van der Waals surface area contributed by atoms with Crippen LogP contribution in [0.25, 0.3) is 0 Å². The molecule has 64 valence electrons. The molecule has 0 spiro atoms. The van der Waals surface area contributed by atoms with E-state index in [4.69, 9.17) is 7.85 Å². The van der Waals surface area contributed by atoms with Gasteiger partial charge in [-0.1, -0.05) is 11.5 Å². The summed E-state index contributed by atoms with van der Waals surface area (Å²) < 4.78 is 0. The number of carbonyl (C=O) groups is 1. The average Bonchev–Trinajstić information content (AvgIpc) is 2.25. The van der Waals surface area contributed by atoms with Crippen LogP contribution in [0, 0.1) is 0 Å². The van der Waals surface area contributed by atoms with Gasteiger partial charge in [-0.25, -0.2) is 0 Å². The summed E-state index contributed by atoms with van der Waals surface area (Å²) >= 11 is 0. The van der Waals surface area contributed by atoms with Crippen LogP contribution in [0.2, 0.25) is 0 Å². The van der Waals surface area contributed by atoms with Crippen LogP contribution in [0.15, 0.2) is 18.2 Å². The number of rotatable bonds is 0. The van der Waals surface area contributed by atoms with Crippen LogP contribution < -0.4 is 16.1 Å². The molecule has 1 amide bonds. The predicted octanol–water partition coefficient (Wildman–Crippen LogP) is 0.235. The quantitative estimate of drug-likeness (QED) is 0.550. The lowest BCUT2D eigenvalue weighted by Crippen LogP contribution is -2.10. The van der Waals surface area contributed by atoms with Gasteiger partial charge in [0.05, 0.1) is 11.4 Å². The van der Waals surface area contributed by atoms with E-state index in [9.17, 15) is 4.79 Å². The molecule has 2 N–H and O–H groups in total. The molecule has 1 aromatic rings. The largest absolute Gasteiger partial charge is 0.383 e. The highest BCUT2D eigenvalue weighted by molar-refractivity contribution is 6.32. The minimum Gasteiger partial charge on any atom is -0.383 e. The highest BCUT2D eigenvalue weighted by atomic mass is 16.1. The molecule has 1 heterocycles. The van der Waals surface area contributed by atoms with E-state index in [2.05, 4.69) is 10.6 Å². The van der Waals surface area contributed by atoms with Crippen molar-refractivity contribution < 1.29 is 4.79 Å². The number of hydrogen-bond donors (Lipinski definition) is 2. The highest BCUT2D eigenvalue weighted by Gasteiger charge is 2.10. The fraction of sp³-hybridized carbons (Fsp3) is 0.222. The van der Waals surface area contributed by atoms with Crippen LogP contribution >= 0.6 is 0 Å². The number of anilines is 2. The molecule has 2 radical (unpaired) electrons. The number of nitrogens with one attached hydrogen (secondary N) is 2. The standard InChI is InChI=1S/C9H9BN2O/c10-6-1-2-7-8(5-6)11-4-3-9(13)12-7/h1-2,5,11H,3-4H2,(H,12,13). The van der Waals surface area contributed by atoms with Crippen molar-refractivity contribution in [2.24, 2.45) is 0 Å². The zero-order chi connectivity index (χ0) is 9.26. The van der Waals surface area contributed by atoms with Crippen LogP contribution in [0.3, 0.4) is 0 Å². The first-order valence-corrected chi connectivity index (χ1v) is 4.19. The Balaban J connectivity index is 2.40. The van der Waals surface area contributed by atoms with Crippen molar-refractivity contribution >= 4 is 30.6 Å². The van der Waals surface area contributed by atoms with Crippen molar-refractivity contribution in [2.45, 2.75) is 6.42 Å². The predicted molar refractivity (Wildman–Crippen MR) is 53.6 cm³/mol. The summed E-state index contributed by atoms with van der Waals surface area (Å²) in [6, 6.07) is 5.40. The lowest BCUT2D eigenvalue weighted by Gasteiger charge is -2.07. The lowest BCUT2D eigenvalue weighted by molar-refractivity contribution is -0.115. The SMILES string of the molecule is [B]c1ccc2c(c1)NCCC(=O)N2. The first kappa shape index (κ1) is 8.17. The van der Waals surface area contributed by atoms with E-state index in [0.717, 1.165) is 11.4 Å². The Bertz CT molecular complexity index is 351. The van der Waals surface area contributed by atoms with Gasteiger partial charge in [-0.3, -0.25) is 4.79 Å². The van der Waals surface area contributed by atoms with E-state index in [0.29, 0.717) is 18.4 Å². The van der Waals surface area contributed by atoms with E-state index < -0.39 is 0 Å². The number of fused-ring (bicyclic) bond motifs is 1. The van der Waals surface area contributed by atoms with Crippen molar-refractivity contribution in [1.29, 1.82) is 0 Å². The zero-order valence-electron chi connectivity index (χ0n) is 7.13. The molecule has 1 aliphatic heterocycles. The molecule has 1 aromatic carbocycles. The second-order valence-electron chi connectivity index (χ2n) is 3.03. The Morgan fingerprint density at radius 2 is 2.15 bits per heavy atom. The topological polar surface area (TPSA) is 41.1 Å².